The van der Waals surface area contributed by atoms with Crippen LogP contribution in [0.5, 0.6) is 0 Å². The third-order valence-corrected chi connectivity index (χ3v) is 3.77. The molecule has 0 amide bonds. The van der Waals surface area contributed by atoms with E-state index in [1.54, 1.807) is 10.9 Å². The van der Waals surface area contributed by atoms with Gasteiger partial charge in [0.05, 0.1) is 6.20 Å². The largest absolute Gasteiger partial charge is 0.330 e. The summed E-state index contributed by atoms with van der Waals surface area (Å²) in [5.41, 5.74) is 6.68. The maximum absolute atomic E-state index is 12.1. The summed E-state index contributed by atoms with van der Waals surface area (Å²) in [6, 6.07) is 0. The van der Waals surface area contributed by atoms with E-state index in [2.05, 4.69) is 5.10 Å². The van der Waals surface area contributed by atoms with Gasteiger partial charge in [-0.2, -0.15) is 5.10 Å². The molecular formula is C13H21N3O. The summed E-state index contributed by atoms with van der Waals surface area (Å²) in [5, 5.41) is 4.09. The predicted molar refractivity (Wildman–Crippen MR) is 66.4 cm³/mol. The number of Topliss-reactive ketones (excluding diaryl/α,β-unsaturated/α-hetero) is 1. The molecule has 4 heteroatoms. The van der Waals surface area contributed by atoms with Gasteiger partial charge >= 0.3 is 0 Å². The number of nitrogens with two attached hydrogens (primary N) is 1. The summed E-state index contributed by atoms with van der Waals surface area (Å²) in [4.78, 5) is 12.1. The van der Waals surface area contributed by atoms with Crippen LogP contribution in [0.3, 0.4) is 0 Å². The Bertz CT molecular complexity index is 378. The first-order valence-corrected chi connectivity index (χ1v) is 6.39. The fourth-order valence-electron chi connectivity index (χ4n) is 2.63. The van der Waals surface area contributed by atoms with Crippen LogP contribution >= 0.6 is 0 Å². The van der Waals surface area contributed by atoms with E-state index in [1.165, 1.54) is 0 Å². The maximum Gasteiger partial charge on any atom is 0.140 e. The molecule has 1 heterocycles. The van der Waals surface area contributed by atoms with E-state index in [0.29, 0.717) is 18.1 Å². The van der Waals surface area contributed by atoms with Crippen LogP contribution in [0.1, 0.15) is 31.2 Å². The second kappa shape index (κ2) is 5.45. The number of carbonyl (C=O) groups is 1. The Labute approximate surface area is 102 Å². The second-order valence-electron chi connectivity index (χ2n) is 5.12. The molecule has 0 bridgehead atoms. The lowest BCUT2D eigenvalue weighted by atomic mass is 9.79. The Balaban J connectivity index is 1.85. The van der Waals surface area contributed by atoms with Gasteiger partial charge in [0.1, 0.15) is 5.78 Å². The van der Waals surface area contributed by atoms with E-state index in [0.717, 1.165) is 37.8 Å². The summed E-state index contributed by atoms with van der Waals surface area (Å²) in [5.74, 6) is 1.25. The zero-order valence-electron chi connectivity index (χ0n) is 10.4. The fourth-order valence-corrected chi connectivity index (χ4v) is 2.63. The molecule has 0 unspecified atom stereocenters. The van der Waals surface area contributed by atoms with Crippen LogP contribution in [0.15, 0.2) is 12.4 Å². The van der Waals surface area contributed by atoms with Gasteiger partial charge in [0.2, 0.25) is 0 Å². The lowest BCUT2D eigenvalue weighted by Gasteiger charge is -2.26. The van der Waals surface area contributed by atoms with Gasteiger partial charge in [0.15, 0.2) is 0 Å². The first-order valence-electron chi connectivity index (χ1n) is 6.39. The quantitative estimate of drug-likeness (QED) is 0.855. The molecule has 2 N–H and O–H groups in total. The highest BCUT2D eigenvalue weighted by molar-refractivity contribution is 5.83. The third-order valence-electron chi connectivity index (χ3n) is 3.77. The number of rotatable bonds is 4. The van der Waals surface area contributed by atoms with E-state index in [1.807, 2.05) is 13.2 Å². The molecule has 17 heavy (non-hydrogen) atoms. The number of aromatic nitrogens is 2. The molecule has 1 aromatic rings. The van der Waals surface area contributed by atoms with Gasteiger partial charge in [-0.1, -0.05) is 0 Å². The fraction of sp³-hybridized carbons (Fsp3) is 0.692. The minimum Gasteiger partial charge on any atom is -0.330 e. The monoisotopic (exact) mass is 235 g/mol. The SMILES string of the molecule is Cn1cc(CC(=O)C2CCC(CN)CC2)cn1. The lowest BCUT2D eigenvalue weighted by Crippen LogP contribution is -2.26. The van der Waals surface area contributed by atoms with Crippen molar-refractivity contribution in [2.75, 3.05) is 6.54 Å². The van der Waals surface area contributed by atoms with E-state index in [9.17, 15) is 4.79 Å². The Morgan fingerprint density at radius 1 is 1.47 bits per heavy atom. The van der Waals surface area contributed by atoms with Crippen molar-refractivity contribution >= 4 is 5.78 Å². The van der Waals surface area contributed by atoms with Gasteiger partial charge in [-0.15, -0.1) is 0 Å². The van der Waals surface area contributed by atoms with Crippen LogP contribution < -0.4 is 5.73 Å². The van der Waals surface area contributed by atoms with E-state index >= 15 is 0 Å². The summed E-state index contributed by atoms with van der Waals surface area (Å²) < 4.78 is 1.74. The summed E-state index contributed by atoms with van der Waals surface area (Å²) in [6.45, 7) is 0.767. The molecular weight excluding hydrogens is 214 g/mol. The zero-order chi connectivity index (χ0) is 12.3. The number of carbonyl (C=O) groups excluding carboxylic acids is 1. The van der Waals surface area contributed by atoms with E-state index in [-0.39, 0.29) is 5.92 Å². The third kappa shape index (κ3) is 3.16. The number of nitrogens with zero attached hydrogens (tertiary/aromatic N) is 2. The van der Waals surface area contributed by atoms with Crippen molar-refractivity contribution in [3.63, 3.8) is 0 Å². The first kappa shape index (κ1) is 12.3. The molecule has 1 fully saturated rings. The molecule has 0 aliphatic heterocycles. The molecule has 1 aliphatic carbocycles. The van der Waals surface area contributed by atoms with Crippen molar-refractivity contribution in [3.05, 3.63) is 18.0 Å². The lowest BCUT2D eigenvalue weighted by molar-refractivity contribution is -0.123. The van der Waals surface area contributed by atoms with Gasteiger partial charge in [-0.25, -0.2) is 0 Å². The predicted octanol–water partition coefficient (Wildman–Crippen LogP) is 1.30. The molecule has 1 aliphatic rings. The molecule has 4 nitrogen and oxygen atoms in total. The molecule has 2 rings (SSSR count). The average molecular weight is 235 g/mol. The van der Waals surface area contributed by atoms with Crippen LogP contribution in [-0.4, -0.2) is 22.1 Å². The van der Waals surface area contributed by atoms with Crippen LogP contribution in [-0.2, 0) is 18.3 Å². The second-order valence-corrected chi connectivity index (χ2v) is 5.12. The molecule has 1 saturated carbocycles. The van der Waals surface area contributed by atoms with Gasteiger partial charge in [0, 0.05) is 25.6 Å². The van der Waals surface area contributed by atoms with Gasteiger partial charge in [-0.3, -0.25) is 9.48 Å². The standard InChI is InChI=1S/C13H21N3O/c1-16-9-11(8-15-16)6-13(17)12-4-2-10(7-14)3-5-12/h8-10,12H,2-7,14H2,1H3. The highest BCUT2D eigenvalue weighted by atomic mass is 16.1. The molecule has 0 spiro atoms. The minimum absolute atomic E-state index is 0.248. The van der Waals surface area contributed by atoms with Gasteiger partial charge in [-0.05, 0) is 43.7 Å². The van der Waals surface area contributed by atoms with Crippen molar-refractivity contribution in [2.24, 2.45) is 24.6 Å². The highest BCUT2D eigenvalue weighted by Gasteiger charge is 2.25. The van der Waals surface area contributed by atoms with Crippen LogP contribution in [0.25, 0.3) is 0 Å². The number of hydrogen-bond donors (Lipinski definition) is 1. The average Bonchev–Trinajstić information content (AvgIpc) is 2.75. The topological polar surface area (TPSA) is 60.9 Å². The molecule has 94 valence electrons. The van der Waals surface area contributed by atoms with E-state index in [4.69, 9.17) is 5.73 Å². The van der Waals surface area contributed by atoms with Crippen molar-refractivity contribution in [2.45, 2.75) is 32.1 Å². The van der Waals surface area contributed by atoms with Gasteiger partial charge < -0.3 is 5.73 Å². The molecule has 0 radical (unpaired) electrons. The number of ketones is 1. The normalized spacial score (nSPS) is 24.8. The summed E-state index contributed by atoms with van der Waals surface area (Å²) in [6.07, 6.45) is 8.49. The minimum atomic E-state index is 0.248. The number of hydrogen-bond acceptors (Lipinski definition) is 3. The Morgan fingerprint density at radius 3 is 2.71 bits per heavy atom. The smallest absolute Gasteiger partial charge is 0.140 e. The van der Waals surface area contributed by atoms with Crippen molar-refractivity contribution in [3.8, 4) is 0 Å². The zero-order valence-corrected chi connectivity index (χ0v) is 10.4. The molecule has 0 saturated heterocycles. The Morgan fingerprint density at radius 2 is 2.18 bits per heavy atom. The molecule has 0 atom stereocenters. The van der Waals surface area contributed by atoms with Gasteiger partial charge in [0.25, 0.3) is 0 Å². The number of aryl methyl sites for hydroxylation is 1. The summed E-state index contributed by atoms with van der Waals surface area (Å²) in [7, 11) is 1.88. The van der Waals surface area contributed by atoms with E-state index < -0.39 is 0 Å². The first-order chi connectivity index (χ1) is 8.19. The van der Waals surface area contributed by atoms with Crippen molar-refractivity contribution in [1.82, 2.24) is 9.78 Å². The van der Waals surface area contributed by atoms with Crippen molar-refractivity contribution < 1.29 is 4.79 Å². The van der Waals surface area contributed by atoms with Crippen LogP contribution in [0, 0.1) is 11.8 Å². The Hall–Kier alpha value is -1.16. The van der Waals surface area contributed by atoms with Crippen molar-refractivity contribution in [1.29, 1.82) is 0 Å². The van der Waals surface area contributed by atoms with Crippen LogP contribution in [0.4, 0.5) is 0 Å². The Kier molecular flexibility index (Phi) is 3.94. The summed E-state index contributed by atoms with van der Waals surface area (Å²) >= 11 is 0. The van der Waals surface area contributed by atoms with Crippen LogP contribution in [0.2, 0.25) is 0 Å². The molecule has 1 aromatic heterocycles. The highest BCUT2D eigenvalue weighted by Crippen LogP contribution is 2.29. The maximum atomic E-state index is 12.1. The molecule has 0 aromatic carbocycles.